The van der Waals surface area contributed by atoms with E-state index < -0.39 is 0 Å². The highest BCUT2D eigenvalue weighted by Gasteiger charge is 2.17. The van der Waals surface area contributed by atoms with E-state index in [0.29, 0.717) is 24.5 Å². The van der Waals surface area contributed by atoms with Crippen LogP contribution in [0.5, 0.6) is 17.2 Å². The molecular formula is C21H29N2O3+. The van der Waals surface area contributed by atoms with Crippen LogP contribution in [0.3, 0.4) is 0 Å². The van der Waals surface area contributed by atoms with E-state index in [9.17, 15) is 5.11 Å². The van der Waals surface area contributed by atoms with Gasteiger partial charge in [-0.1, -0.05) is 6.92 Å². The van der Waals surface area contributed by atoms with Gasteiger partial charge in [-0.05, 0) is 42.8 Å². The Kier molecular flexibility index (Phi) is 7.48. The lowest BCUT2D eigenvalue weighted by molar-refractivity contribution is -0.890. The minimum absolute atomic E-state index is 0.181. The molecule has 2 aromatic carbocycles. The molecular weight excluding hydrogens is 328 g/mol. The molecule has 2 aromatic rings. The van der Waals surface area contributed by atoms with E-state index in [1.807, 2.05) is 31.2 Å². The highest BCUT2D eigenvalue weighted by atomic mass is 16.5. The van der Waals surface area contributed by atoms with Gasteiger partial charge in [0.25, 0.3) is 0 Å². The number of rotatable bonds is 9. The van der Waals surface area contributed by atoms with Gasteiger partial charge in [-0.15, -0.1) is 0 Å². The van der Waals surface area contributed by atoms with Gasteiger partial charge in [0.2, 0.25) is 0 Å². The Morgan fingerprint density at radius 3 is 2.38 bits per heavy atom. The Hall–Kier alpha value is -2.53. The second-order valence-electron chi connectivity index (χ2n) is 6.47. The molecule has 0 radical (unpaired) electrons. The van der Waals surface area contributed by atoms with Crippen LogP contribution in [0.2, 0.25) is 0 Å². The molecule has 0 unspecified atom stereocenters. The highest BCUT2D eigenvalue weighted by molar-refractivity contribution is 5.83. The van der Waals surface area contributed by atoms with Crippen molar-refractivity contribution >= 4 is 6.21 Å². The van der Waals surface area contributed by atoms with Crippen molar-refractivity contribution in [1.29, 1.82) is 0 Å². The van der Waals surface area contributed by atoms with E-state index in [1.54, 1.807) is 19.4 Å². The summed E-state index contributed by atoms with van der Waals surface area (Å²) in [5, 5.41) is 10.1. The maximum absolute atomic E-state index is 10.1. The monoisotopic (exact) mass is 357 g/mol. The van der Waals surface area contributed by atoms with Crippen molar-refractivity contribution in [1.82, 2.24) is 0 Å². The van der Waals surface area contributed by atoms with Gasteiger partial charge in [0.1, 0.15) is 23.3 Å². The lowest BCUT2D eigenvalue weighted by Gasteiger charge is -2.20. The van der Waals surface area contributed by atoms with E-state index in [1.165, 1.54) is 10.5 Å². The zero-order valence-corrected chi connectivity index (χ0v) is 16.0. The fourth-order valence-corrected chi connectivity index (χ4v) is 2.66. The lowest BCUT2D eigenvalue weighted by atomic mass is 10.1. The van der Waals surface area contributed by atoms with E-state index >= 15 is 0 Å². The number of nitrogens with zero attached hydrogens (tertiary/aromatic N) is 1. The number of benzene rings is 2. The van der Waals surface area contributed by atoms with Crippen LogP contribution < -0.4 is 14.4 Å². The number of phenolic OH excluding ortho intramolecular Hbond substituents is 1. The first kappa shape index (κ1) is 19.8. The number of likely N-dealkylation sites (N-methyl/N-ethyl adjacent to an activating group) is 1. The largest absolute Gasteiger partial charge is 0.507 e. The average molecular weight is 357 g/mol. The predicted molar refractivity (Wildman–Crippen MR) is 105 cm³/mol. The molecule has 0 fully saturated rings. The van der Waals surface area contributed by atoms with Crippen molar-refractivity contribution in [2.75, 3.05) is 34.4 Å². The van der Waals surface area contributed by atoms with Crippen LogP contribution in [-0.2, 0) is 0 Å². The Balaban J connectivity index is 2.06. The number of hydrogen-bond donors (Lipinski definition) is 2. The zero-order valence-electron chi connectivity index (χ0n) is 16.0. The van der Waals surface area contributed by atoms with Crippen LogP contribution in [0.4, 0.5) is 0 Å². The number of aliphatic imine (C=N–C) groups is 1. The smallest absolute Gasteiger partial charge is 0.132 e. The van der Waals surface area contributed by atoms with Crippen molar-refractivity contribution in [2.45, 2.75) is 19.4 Å². The maximum atomic E-state index is 10.1. The summed E-state index contributed by atoms with van der Waals surface area (Å²) in [7, 11) is 5.89. The van der Waals surface area contributed by atoms with Crippen molar-refractivity contribution in [3.63, 3.8) is 0 Å². The van der Waals surface area contributed by atoms with Crippen LogP contribution >= 0.6 is 0 Å². The maximum Gasteiger partial charge on any atom is 0.132 e. The quantitative estimate of drug-likeness (QED) is 0.678. The third-order valence-corrected chi connectivity index (χ3v) is 4.21. The van der Waals surface area contributed by atoms with Crippen LogP contribution in [0.25, 0.3) is 0 Å². The lowest BCUT2D eigenvalue weighted by Crippen LogP contribution is -3.06. The molecule has 2 N–H and O–H groups in total. The molecule has 0 heterocycles. The summed E-state index contributed by atoms with van der Waals surface area (Å²) in [5.74, 6) is 1.70. The van der Waals surface area contributed by atoms with Crippen molar-refractivity contribution in [3.8, 4) is 17.2 Å². The molecule has 0 aliphatic heterocycles. The van der Waals surface area contributed by atoms with Gasteiger partial charge in [0.05, 0.1) is 34.4 Å². The van der Waals surface area contributed by atoms with Gasteiger partial charge in [-0.3, -0.25) is 4.99 Å². The summed E-state index contributed by atoms with van der Waals surface area (Å²) < 4.78 is 10.7. The Bertz CT molecular complexity index is 712. The molecule has 0 saturated heterocycles. The molecule has 26 heavy (non-hydrogen) atoms. The van der Waals surface area contributed by atoms with Gasteiger partial charge in [-0.2, -0.15) is 0 Å². The van der Waals surface area contributed by atoms with Gasteiger partial charge >= 0.3 is 0 Å². The van der Waals surface area contributed by atoms with Gasteiger partial charge in [0, 0.05) is 23.4 Å². The van der Waals surface area contributed by atoms with E-state index in [4.69, 9.17) is 9.47 Å². The number of phenols is 1. The first-order chi connectivity index (χ1) is 12.5. The van der Waals surface area contributed by atoms with Crippen molar-refractivity contribution < 1.29 is 19.5 Å². The predicted octanol–water partition coefficient (Wildman–Crippen LogP) is 2.49. The Morgan fingerprint density at radius 2 is 1.81 bits per heavy atom. The third kappa shape index (κ3) is 5.49. The standard InChI is InChI=1S/C21H28N2O3/c1-5-12-26-19-11-8-17(21(24)13-19)14-22-15-20(23(2)3)16-6-9-18(25-4)10-7-16/h6-11,13-14,20,24H,5,12,15H2,1-4H3/p+1/t20-/m0/s1. The first-order valence-corrected chi connectivity index (χ1v) is 8.94. The molecule has 5 heteroatoms. The highest BCUT2D eigenvalue weighted by Crippen LogP contribution is 2.22. The minimum atomic E-state index is 0.181. The molecule has 0 aromatic heterocycles. The summed E-state index contributed by atoms with van der Waals surface area (Å²) in [4.78, 5) is 5.85. The summed E-state index contributed by atoms with van der Waals surface area (Å²) in [6, 6.07) is 13.6. The fraction of sp³-hybridized carbons (Fsp3) is 0.381. The molecule has 140 valence electrons. The Morgan fingerprint density at radius 1 is 1.12 bits per heavy atom. The van der Waals surface area contributed by atoms with Crippen molar-refractivity contribution in [3.05, 3.63) is 53.6 Å². The van der Waals surface area contributed by atoms with E-state index in [2.05, 4.69) is 31.2 Å². The minimum Gasteiger partial charge on any atom is -0.507 e. The fourth-order valence-electron chi connectivity index (χ4n) is 2.66. The molecule has 0 aliphatic rings. The number of aromatic hydroxyl groups is 1. The second-order valence-corrected chi connectivity index (χ2v) is 6.47. The molecule has 1 atom stereocenters. The first-order valence-electron chi connectivity index (χ1n) is 8.94. The summed E-state index contributed by atoms with van der Waals surface area (Å²) in [6.45, 7) is 3.32. The molecule has 0 bridgehead atoms. The average Bonchev–Trinajstić information content (AvgIpc) is 2.64. The molecule has 0 amide bonds. The zero-order chi connectivity index (χ0) is 18.9. The number of hydrogen-bond acceptors (Lipinski definition) is 4. The second kappa shape index (κ2) is 9.82. The van der Waals surface area contributed by atoms with Crippen LogP contribution in [-0.4, -0.2) is 45.7 Å². The van der Waals surface area contributed by atoms with Crippen LogP contribution in [0.1, 0.15) is 30.5 Å². The summed E-state index contributed by atoms with van der Waals surface area (Å²) in [6.07, 6.45) is 2.65. The molecule has 0 saturated carbocycles. The van der Waals surface area contributed by atoms with Crippen molar-refractivity contribution in [2.24, 2.45) is 4.99 Å². The Labute approximate surface area is 155 Å². The topological polar surface area (TPSA) is 55.5 Å². The van der Waals surface area contributed by atoms with E-state index in [0.717, 1.165) is 12.2 Å². The summed E-state index contributed by atoms with van der Waals surface area (Å²) in [5.41, 5.74) is 1.89. The molecule has 0 spiro atoms. The normalized spacial score (nSPS) is 12.5. The summed E-state index contributed by atoms with van der Waals surface area (Å²) >= 11 is 0. The van der Waals surface area contributed by atoms with Crippen LogP contribution in [0, 0.1) is 0 Å². The van der Waals surface area contributed by atoms with E-state index in [-0.39, 0.29) is 11.8 Å². The SMILES string of the molecule is CCCOc1ccc(C=NC[C@@H](c2ccc(OC)cc2)[NH+](C)C)c(O)c1. The van der Waals surface area contributed by atoms with Gasteiger partial charge in [0.15, 0.2) is 0 Å². The number of nitrogens with one attached hydrogen (secondary N) is 1. The number of methoxy groups -OCH3 is 1. The molecule has 5 nitrogen and oxygen atoms in total. The van der Waals surface area contributed by atoms with Gasteiger partial charge < -0.3 is 19.5 Å². The number of ether oxygens (including phenoxy) is 2. The van der Waals surface area contributed by atoms with Crippen LogP contribution in [0.15, 0.2) is 47.5 Å². The molecule has 2 rings (SSSR count). The molecule has 0 aliphatic carbocycles. The van der Waals surface area contributed by atoms with Gasteiger partial charge in [-0.25, -0.2) is 0 Å². The number of quaternary nitrogens is 1. The third-order valence-electron chi connectivity index (χ3n) is 4.21.